The Morgan fingerprint density at radius 1 is 0.431 bits per heavy atom. The van der Waals surface area contributed by atoms with Gasteiger partial charge in [0.2, 0.25) is 0 Å². The lowest BCUT2D eigenvalue weighted by molar-refractivity contribution is -0.00154. The van der Waals surface area contributed by atoms with Crippen LogP contribution in [-0.2, 0) is 29.8 Å². The molecule has 1 unspecified atom stereocenters. The van der Waals surface area contributed by atoms with Crippen molar-refractivity contribution in [2.75, 3.05) is 40.6 Å². The SMILES string of the molecule is COc1ccc(C(NOCCCCCCO)(c2ccccc2)c2ccccc2)cc1.COc1ccc(C(NOCCCCCCOP(OC(C)C)N(C(C)C)C(C)C)(c2ccccc2)c2ccccc2)cc1. The lowest BCUT2D eigenvalue weighted by Crippen LogP contribution is -2.44. The molecule has 10 nitrogen and oxygen atoms in total. The van der Waals surface area contributed by atoms with Crippen LogP contribution < -0.4 is 20.4 Å². The number of nitrogens with one attached hydrogen (secondary N) is 2. The van der Waals surface area contributed by atoms with E-state index in [2.05, 4.69) is 154 Å². The third-order valence-corrected chi connectivity index (χ3v) is 14.7. The lowest BCUT2D eigenvalue weighted by Gasteiger charge is -2.36. The molecule has 0 saturated carbocycles. The number of aliphatic hydroxyl groups is 1. The van der Waals surface area contributed by atoms with Crippen molar-refractivity contribution in [3.63, 3.8) is 0 Å². The van der Waals surface area contributed by atoms with E-state index in [0.717, 1.165) is 96.2 Å². The first-order valence-electron chi connectivity index (χ1n) is 25.9. The van der Waals surface area contributed by atoms with Crippen LogP contribution in [0.2, 0.25) is 0 Å². The average molecular weight is 1000 g/mol. The van der Waals surface area contributed by atoms with Crippen molar-refractivity contribution >= 4 is 8.53 Å². The van der Waals surface area contributed by atoms with Crippen molar-refractivity contribution in [2.45, 2.75) is 122 Å². The third-order valence-electron chi connectivity index (χ3n) is 12.4. The first-order valence-corrected chi connectivity index (χ1v) is 27.0. The molecule has 0 amide bonds. The molecular weight excluding hydrogens is 918 g/mol. The molecule has 1 atom stereocenters. The molecule has 0 heterocycles. The summed E-state index contributed by atoms with van der Waals surface area (Å²) in [4.78, 5) is 12.3. The van der Waals surface area contributed by atoms with Gasteiger partial charge in [0, 0.05) is 18.7 Å². The van der Waals surface area contributed by atoms with Crippen LogP contribution in [0.1, 0.15) is 126 Å². The molecule has 0 aliphatic rings. The predicted octanol–water partition coefficient (Wildman–Crippen LogP) is 13.9. The van der Waals surface area contributed by atoms with Crippen LogP contribution in [0.5, 0.6) is 11.5 Å². The van der Waals surface area contributed by atoms with E-state index in [-0.39, 0.29) is 12.7 Å². The van der Waals surface area contributed by atoms with Crippen molar-refractivity contribution in [1.82, 2.24) is 15.6 Å². The summed E-state index contributed by atoms with van der Waals surface area (Å²) < 4.78 is 25.6. The Kier molecular flexibility index (Phi) is 25.4. The Hall–Kier alpha value is -4.97. The second kappa shape index (κ2) is 31.6. The number of benzene rings is 6. The van der Waals surface area contributed by atoms with E-state index in [0.29, 0.717) is 31.9 Å². The highest BCUT2D eigenvalue weighted by molar-refractivity contribution is 7.44. The Morgan fingerprint density at radius 3 is 1.06 bits per heavy atom. The van der Waals surface area contributed by atoms with Gasteiger partial charge in [-0.2, -0.15) is 11.0 Å². The quantitative estimate of drug-likeness (QED) is 0.0169. The minimum atomic E-state index is -1.06. The fourth-order valence-electron chi connectivity index (χ4n) is 8.82. The van der Waals surface area contributed by atoms with E-state index < -0.39 is 19.6 Å². The van der Waals surface area contributed by atoms with Gasteiger partial charge in [-0.25, -0.2) is 4.67 Å². The van der Waals surface area contributed by atoms with E-state index in [1.54, 1.807) is 14.2 Å². The highest BCUT2D eigenvalue weighted by atomic mass is 31.2. The monoisotopic (exact) mass is 1000 g/mol. The van der Waals surface area contributed by atoms with E-state index in [4.69, 9.17) is 33.3 Å². The van der Waals surface area contributed by atoms with Crippen LogP contribution in [0, 0.1) is 0 Å². The van der Waals surface area contributed by atoms with E-state index >= 15 is 0 Å². The second-order valence-corrected chi connectivity index (χ2v) is 20.1. The maximum Gasteiger partial charge on any atom is 0.259 e. The molecule has 0 spiro atoms. The summed E-state index contributed by atoms with van der Waals surface area (Å²) in [6.07, 6.45) is 8.08. The molecule has 11 heteroatoms. The highest BCUT2D eigenvalue weighted by Crippen LogP contribution is 2.47. The summed E-state index contributed by atoms with van der Waals surface area (Å²) in [5.41, 5.74) is 12.2. The van der Waals surface area contributed by atoms with Gasteiger partial charge in [-0.15, -0.1) is 0 Å². The molecule has 0 bridgehead atoms. The summed E-state index contributed by atoms with van der Waals surface area (Å²) in [6, 6.07) is 58.7. The topological polar surface area (TPSA) is 103 Å². The van der Waals surface area contributed by atoms with Crippen molar-refractivity contribution < 1.29 is 33.3 Å². The van der Waals surface area contributed by atoms with Crippen LogP contribution in [0.3, 0.4) is 0 Å². The summed E-state index contributed by atoms with van der Waals surface area (Å²) in [7, 11) is 2.30. The summed E-state index contributed by atoms with van der Waals surface area (Å²) in [5, 5.41) is 8.94. The maximum atomic E-state index is 8.94. The Morgan fingerprint density at radius 2 is 0.750 bits per heavy atom. The number of ether oxygens (including phenoxy) is 2. The molecule has 72 heavy (non-hydrogen) atoms. The lowest BCUT2D eigenvalue weighted by atomic mass is 9.78. The zero-order chi connectivity index (χ0) is 51.4. The number of hydrogen-bond acceptors (Lipinski definition) is 10. The van der Waals surface area contributed by atoms with Crippen LogP contribution in [-0.4, -0.2) is 68.6 Å². The summed E-state index contributed by atoms with van der Waals surface area (Å²) >= 11 is 0. The van der Waals surface area contributed by atoms with Crippen LogP contribution in [0.25, 0.3) is 0 Å². The van der Waals surface area contributed by atoms with E-state index in [1.807, 2.05) is 72.8 Å². The maximum absolute atomic E-state index is 8.94. The van der Waals surface area contributed by atoms with Crippen molar-refractivity contribution in [2.24, 2.45) is 0 Å². The van der Waals surface area contributed by atoms with Crippen LogP contribution in [0.4, 0.5) is 0 Å². The molecule has 6 aromatic rings. The number of methoxy groups -OCH3 is 2. The van der Waals surface area contributed by atoms with Crippen molar-refractivity contribution in [1.29, 1.82) is 0 Å². The Balaban J connectivity index is 0.000000282. The molecule has 6 aromatic carbocycles. The minimum absolute atomic E-state index is 0.137. The largest absolute Gasteiger partial charge is 0.497 e. The van der Waals surface area contributed by atoms with Gasteiger partial charge in [-0.1, -0.05) is 171 Å². The number of hydrogen-bond donors (Lipinski definition) is 3. The Bertz CT molecular complexity index is 2220. The van der Waals surface area contributed by atoms with Crippen LogP contribution in [0.15, 0.2) is 170 Å². The number of nitrogens with zero attached hydrogens (tertiary/aromatic N) is 1. The predicted molar refractivity (Wildman–Crippen MR) is 295 cm³/mol. The molecule has 0 aliphatic carbocycles. The van der Waals surface area contributed by atoms with E-state index in [9.17, 15) is 0 Å². The molecule has 388 valence electrons. The number of rotatable bonds is 31. The zero-order valence-corrected chi connectivity index (χ0v) is 45.1. The smallest absolute Gasteiger partial charge is 0.259 e. The Labute approximate surface area is 433 Å². The molecule has 0 saturated heterocycles. The van der Waals surface area contributed by atoms with Gasteiger partial charge in [0.1, 0.15) is 22.6 Å². The van der Waals surface area contributed by atoms with Gasteiger partial charge in [-0.3, -0.25) is 0 Å². The molecule has 0 fully saturated rings. The molecule has 0 radical (unpaired) electrons. The first kappa shape index (κ1) is 57.9. The fourth-order valence-corrected chi connectivity index (χ4v) is 10.5. The molecule has 3 N–H and O–H groups in total. The molecule has 6 rings (SSSR count). The first-order chi connectivity index (χ1) is 35.1. The molecule has 0 aliphatic heterocycles. The normalized spacial score (nSPS) is 12.3. The number of hydroxylamine groups is 2. The fraction of sp³-hybridized carbons (Fsp3) is 0.410. The third kappa shape index (κ3) is 16.8. The minimum Gasteiger partial charge on any atom is -0.497 e. The highest BCUT2D eigenvalue weighted by Gasteiger charge is 2.38. The van der Waals surface area contributed by atoms with Gasteiger partial charge in [-0.05, 0) is 125 Å². The second-order valence-electron chi connectivity index (χ2n) is 18.7. The van der Waals surface area contributed by atoms with Crippen LogP contribution >= 0.6 is 8.53 Å². The zero-order valence-electron chi connectivity index (χ0n) is 44.2. The molecular formula is C61H82N3O7P. The number of unbranched alkanes of at least 4 members (excludes halogenated alkanes) is 6. The summed E-state index contributed by atoms with van der Waals surface area (Å²) in [5.74, 6) is 1.64. The van der Waals surface area contributed by atoms with Gasteiger partial charge in [0.05, 0.1) is 40.1 Å². The number of aliphatic hydroxyl groups excluding tert-OH is 1. The standard InChI is InChI=1S/C35H51N2O4P.C26H31NO3/c1-28(2)37(29(3)4)42(41-30(5)6)40-27-17-9-8-16-26-39-36-35(31-18-12-10-13-19-31,32-20-14-11-15-21-32)33-22-24-34(38-7)25-23-33;1-29-25-18-16-24(17-19-25)26(22-12-6-4-7-13-22,23-14-8-5-9-15-23)27-30-21-11-3-2-10-20-28/h10-15,18-25,28-30,36H,8-9,16-17,26-27H2,1-7H3;4-9,12-19,27-28H,2-3,10-11,20-21H2,1H3. The van der Waals surface area contributed by atoms with Gasteiger partial charge < -0.3 is 33.3 Å². The summed E-state index contributed by atoms with van der Waals surface area (Å²) in [6.45, 7) is 15.1. The van der Waals surface area contributed by atoms with Gasteiger partial charge in [0.15, 0.2) is 0 Å². The van der Waals surface area contributed by atoms with Gasteiger partial charge >= 0.3 is 0 Å². The average Bonchev–Trinajstić information content (AvgIpc) is 3.41. The molecule has 0 aromatic heterocycles. The van der Waals surface area contributed by atoms with Crippen molar-refractivity contribution in [3.8, 4) is 11.5 Å². The van der Waals surface area contributed by atoms with E-state index in [1.165, 1.54) is 0 Å². The van der Waals surface area contributed by atoms with Crippen molar-refractivity contribution in [3.05, 3.63) is 203 Å². The van der Waals surface area contributed by atoms with Gasteiger partial charge in [0.25, 0.3) is 8.53 Å².